The van der Waals surface area contributed by atoms with Gasteiger partial charge in [-0.1, -0.05) is 0 Å². The molecule has 0 aliphatic heterocycles. The van der Waals surface area contributed by atoms with Crippen LogP contribution in [-0.4, -0.2) is 29.1 Å². The lowest BCUT2D eigenvalue weighted by Crippen LogP contribution is -2.12. The van der Waals surface area contributed by atoms with E-state index in [-0.39, 0.29) is 11.3 Å². The lowest BCUT2D eigenvalue weighted by atomic mass is 10.3. The van der Waals surface area contributed by atoms with Crippen LogP contribution in [0.4, 0.5) is 5.82 Å². The number of aromatic nitrogens is 2. The van der Waals surface area contributed by atoms with Gasteiger partial charge in [0.25, 0.3) is 0 Å². The van der Waals surface area contributed by atoms with E-state index in [1.165, 1.54) is 0 Å². The highest BCUT2D eigenvalue weighted by Crippen LogP contribution is 2.12. The number of halogens is 1. The van der Waals surface area contributed by atoms with Crippen LogP contribution in [0.5, 0.6) is 0 Å². The van der Waals surface area contributed by atoms with Crippen molar-refractivity contribution >= 4 is 23.4 Å². The van der Waals surface area contributed by atoms with Crippen LogP contribution in [-0.2, 0) is 9.53 Å². The molecular formula is C10H14ClN3O2. The molecule has 1 aromatic rings. The van der Waals surface area contributed by atoms with Gasteiger partial charge in [-0.2, -0.15) is 0 Å². The largest absolute Gasteiger partial charge is 0.466 e. The molecule has 0 aromatic carbocycles. The Bertz CT molecular complexity index is 371. The summed E-state index contributed by atoms with van der Waals surface area (Å²) in [5, 5.41) is 3.19. The lowest BCUT2D eigenvalue weighted by Gasteiger charge is -2.07. The number of hydrogen-bond acceptors (Lipinski definition) is 5. The minimum atomic E-state index is -0.229. The molecule has 0 unspecified atom stereocenters. The summed E-state index contributed by atoms with van der Waals surface area (Å²) in [6.45, 7) is 4.51. The van der Waals surface area contributed by atoms with E-state index >= 15 is 0 Å². The lowest BCUT2D eigenvalue weighted by molar-refractivity contribution is -0.142. The number of esters is 1. The molecule has 0 aliphatic carbocycles. The van der Waals surface area contributed by atoms with E-state index in [2.05, 4.69) is 15.3 Å². The summed E-state index contributed by atoms with van der Waals surface area (Å²) < 4.78 is 4.80. The Morgan fingerprint density at radius 3 is 3.06 bits per heavy atom. The van der Waals surface area contributed by atoms with E-state index in [1.54, 1.807) is 13.1 Å². The standard InChI is InChI=1S/C10H14ClN3O2/c1-3-16-8(15)4-5-12-9-7(2)6-13-10(11)14-9/h6H,3-5H2,1-2H3,(H,12,13,14). The molecule has 1 heterocycles. The van der Waals surface area contributed by atoms with Crippen LogP contribution in [0.2, 0.25) is 5.28 Å². The van der Waals surface area contributed by atoms with Crippen molar-refractivity contribution in [2.45, 2.75) is 20.3 Å². The number of nitrogens with zero attached hydrogens (tertiary/aromatic N) is 2. The zero-order chi connectivity index (χ0) is 12.0. The first kappa shape index (κ1) is 12.7. The SMILES string of the molecule is CCOC(=O)CCNc1nc(Cl)ncc1C. The maximum Gasteiger partial charge on any atom is 0.307 e. The fourth-order valence-electron chi connectivity index (χ4n) is 1.12. The van der Waals surface area contributed by atoms with Gasteiger partial charge in [0.05, 0.1) is 13.0 Å². The summed E-state index contributed by atoms with van der Waals surface area (Å²) in [5.41, 5.74) is 0.883. The molecule has 1 rings (SSSR count). The molecule has 1 N–H and O–H groups in total. The quantitative estimate of drug-likeness (QED) is 0.631. The Kier molecular flexibility index (Phi) is 4.98. The number of anilines is 1. The highest BCUT2D eigenvalue weighted by Gasteiger charge is 2.04. The predicted octanol–water partition coefficient (Wildman–Crippen LogP) is 1.80. The third kappa shape index (κ3) is 4.02. The Morgan fingerprint density at radius 1 is 1.62 bits per heavy atom. The van der Waals surface area contributed by atoms with Crippen molar-refractivity contribution in [2.24, 2.45) is 0 Å². The average molecular weight is 244 g/mol. The molecular weight excluding hydrogens is 230 g/mol. The van der Waals surface area contributed by atoms with Crippen LogP contribution >= 0.6 is 11.6 Å². The first-order valence-corrected chi connectivity index (χ1v) is 5.40. The van der Waals surface area contributed by atoms with Gasteiger partial charge in [0, 0.05) is 18.3 Å². The second-order valence-electron chi connectivity index (χ2n) is 3.15. The normalized spacial score (nSPS) is 9.94. The molecule has 16 heavy (non-hydrogen) atoms. The van der Waals surface area contributed by atoms with Gasteiger partial charge in [-0.3, -0.25) is 4.79 Å². The molecule has 0 saturated carbocycles. The van der Waals surface area contributed by atoms with E-state index in [4.69, 9.17) is 16.3 Å². The van der Waals surface area contributed by atoms with Crippen molar-refractivity contribution in [2.75, 3.05) is 18.5 Å². The molecule has 0 spiro atoms. The molecule has 1 aromatic heterocycles. The number of hydrogen-bond donors (Lipinski definition) is 1. The van der Waals surface area contributed by atoms with Crippen LogP contribution in [0.15, 0.2) is 6.20 Å². The molecule has 6 heteroatoms. The minimum Gasteiger partial charge on any atom is -0.466 e. The Labute approximate surface area is 99.2 Å². The molecule has 0 saturated heterocycles. The second kappa shape index (κ2) is 6.27. The Morgan fingerprint density at radius 2 is 2.38 bits per heavy atom. The highest BCUT2D eigenvalue weighted by molar-refractivity contribution is 6.28. The van der Waals surface area contributed by atoms with Crippen LogP contribution < -0.4 is 5.32 Å². The smallest absolute Gasteiger partial charge is 0.307 e. The topological polar surface area (TPSA) is 64.1 Å². The predicted molar refractivity (Wildman–Crippen MR) is 61.5 cm³/mol. The summed E-state index contributed by atoms with van der Waals surface area (Å²) in [6, 6.07) is 0. The Hall–Kier alpha value is -1.36. The second-order valence-corrected chi connectivity index (χ2v) is 3.49. The van der Waals surface area contributed by atoms with Gasteiger partial charge in [-0.05, 0) is 25.4 Å². The highest BCUT2D eigenvalue weighted by atomic mass is 35.5. The number of carbonyl (C=O) groups excluding carboxylic acids is 1. The number of rotatable bonds is 5. The van der Waals surface area contributed by atoms with E-state index in [9.17, 15) is 4.79 Å². The van der Waals surface area contributed by atoms with Crippen LogP contribution in [0.3, 0.4) is 0 Å². The number of carbonyl (C=O) groups is 1. The average Bonchev–Trinajstić information content (AvgIpc) is 2.23. The molecule has 0 atom stereocenters. The summed E-state index contributed by atoms with van der Waals surface area (Å²) in [6.07, 6.45) is 1.93. The first-order valence-electron chi connectivity index (χ1n) is 5.02. The van der Waals surface area contributed by atoms with Crippen LogP contribution in [0, 0.1) is 6.92 Å². The molecule has 0 fully saturated rings. The fraction of sp³-hybridized carbons (Fsp3) is 0.500. The van der Waals surface area contributed by atoms with E-state index in [1.807, 2.05) is 6.92 Å². The van der Waals surface area contributed by atoms with Crippen molar-refractivity contribution in [3.63, 3.8) is 0 Å². The number of aryl methyl sites for hydroxylation is 1. The third-order valence-corrected chi connectivity index (χ3v) is 2.05. The van der Waals surface area contributed by atoms with Crippen LogP contribution in [0.1, 0.15) is 18.9 Å². The number of ether oxygens (including phenoxy) is 1. The molecule has 0 aliphatic rings. The number of nitrogens with one attached hydrogen (secondary N) is 1. The molecule has 5 nitrogen and oxygen atoms in total. The van der Waals surface area contributed by atoms with Gasteiger partial charge in [0.2, 0.25) is 5.28 Å². The molecule has 0 amide bonds. The van der Waals surface area contributed by atoms with Gasteiger partial charge in [-0.25, -0.2) is 9.97 Å². The van der Waals surface area contributed by atoms with Crippen LogP contribution in [0.25, 0.3) is 0 Å². The summed E-state index contributed by atoms with van der Waals surface area (Å²) in [5.74, 6) is 0.414. The van der Waals surface area contributed by atoms with Crippen molar-refractivity contribution in [3.8, 4) is 0 Å². The molecule has 0 bridgehead atoms. The molecule has 88 valence electrons. The summed E-state index contributed by atoms with van der Waals surface area (Å²) in [7, 11) is 0. The van der Waals surface area contributed by atoms with Gasteiger partial charge in [-0.15, -0.1) is 0 Å². The monoisotopic (exact) mass is 243 g/mol. The Balaban J connectivity index is 2.42. The zero-order valence-electron chi connectivity index (χ0n) is 9.29. The first-order chi connectivity index (χ1) is 7.63. The van der Waals surface area contributed by atoms with Crippen molar-refractivity contribution in [1.82, 2.24) is 9.97 Å². The van der Waals surface area contributed by atoms with Gasteiger partial charge in [0.1, 0.15) is 5.82 Å². The van der Waals surface area contributed by atoms with E-state index in [0.29, 0.717) is 25.4 Å². The maximum absolute atomic E-state index is 11.1. The van der Waals surface area contributed by atoms with E-state index < -0.39 is 0 Å². The van der Waals surface area contributed by atoms with E-state index in [0.717, 1.165) is 5.56 Å². The third-order valence-electron chi connectivity index (χ3n) is 1.87. The van der Waals surface area contributed by atoms with Crippen molar-refractivity contribution in [3.05, 3.63) is 17.0 Å². The zero-order valence-corrected chi connectivity index (χ0v) is 10.0. The van der Waals surface area contributed by atoms with Gasteiger partial charge < -0.3 is 10.1 Å². The minimum absolute atomic E-state index is 0.184. The summed E-state index contributed by atoms with van der Waals surface area (Å²) >= 11 is 5.65. The fourth-order valence-corrected chi connectivity index (χ4v) is 1.25. The van der Waals surface area contributed by atoms with Gasteiger partial charge in [0.15, 0.2) is 0 Å². The maximum atomic E-state index is 11.1. The van der Waals surface area contributed by atoms with Gasteiger partial charge >= 0.3 is 5.97 Å². The molecule has 0 radical (unpaired) electrons. The van der Waals surface area contributed by atoms with Crippen molar-refractivity contribution < 1.29 is 9.53 Å². The van der Waals surface area contributed by atoms with Crippen molar-refractivity contribution in [1.29, 1.82) is 0 Å². The summed E-state index contributed by atoms with van der Waals surface area (Å²) in [4.78, 5) is 18.9.